The second-order valence-corrected chi connectivity index (χ2v) is 6.79. The molecule has 0 aliphatic carbocycles. The van der Waals surface area contributed by atoms with Gasteiger partial charge in [-0.2, -0.15) is 17.4 Å². The van der Waals surface area contributed by atoms with Crippen molar-refractivity contribution >= 4 is 10.2 Å². The molecule has 2 rings (SSSR count). The molecule has 7 heteroatoms. The summed E-state index contributed by atoms with van der Waals surface area (Å²) in [6.07, 6.45) is 1.60. The van der Waals surface area contributed by atoms with Gasteiger partial charge in [0.05, 0.1) is 0 Å². The van der Waals surface area contributed by atoms with Crippen molar-refractivity contribution in [3.8, 4) is 0 Å². The average molecular weight is 301 g/mol. The van der Waals surface area contributed by atoms with Crippen molar-refractivity contribution in [2.45, 2.75) is 19.4 Å². The van der Waals surface area contributed by atoms with Gasteiger partial charge in [-0.3, -0.25) is 0 Å². The van der Waals surface area contributed by atoms with Gasteiger partial charge in [-0.15, -0.1) is 0 Å². The molecule has 0 saturated carbocycles. The fraction of sp³-hybridized carbons (Fsp3) is 0.538. The maximum Gasteiger partial charge on any atom is 0.279 e. The Morgan fingerprint density at radius 1 is 1.25 bits per heavy atom. The summed E-state index contributed by atoms with van der Waals surface area (Å²) in [6.45, 7) is 1.78. The first-order chi connectivity index (χ1) is 9.51. The Balaban J connectivity index is 1.89. The van der Waals surface area contributed by atoms with Crippen LogP contribution in [0.3, 0.4) is 0 Å². The number of rotatable bonds is 5. The molecule has 1 heterocycles. The van der Waals surface area contributed by atoms with Gasteiger partial charge in [-0.05, 0) is 43.0 Å². The van der Waals surface area contributed by atoms with Crippen molar-refractivity contribution in [3.63, 3.8) is 0 Å². The summed E-state index contributed by atoms with van der Waals surface area (Å²) in [6, 6.07) is 5.77. The Hall–Kier alpha value is -1.02. The molecular weight excluding hydrogens is 281 g/mol. The Kier molecular flexibility index (Phi) is 5.09. The summed E-state index contributed by atoms with van der Waals surface area (Å²) >= 11 is 0. The van der Waals surface area contributed by atoms with Crippen LogP contribution in [0.5, 0.6) is 0 Å². The van der Waals surface area contributed by atoms with Gasteiger partial charge < -0.3 is 5.73 Å². The third kappa shape index (κ3) is 3.99. The van der Waals surface area contributed by atoms with Crippen LogP contribution in [0, 0.1) is 11.7 Å². The van der Waals surface area contributed by atoms with E-state index in [0.29, 0.717) is 25.6 Å². The predicted octanol–water partition coefficient (Wildman–Crippen LogP) is 0.831. The molecule has 0 spiro atoms. The second kappa shape index (κ2) is 6.62. The van der Waals surface area contributed by atoms with E-state index in [1.165, 1.54) is 16.4 Å². The molecule has 20 heavy (non-hydrogen) atoms. The summed E-state index contributed by atoms with van der Waals surface area (Å²) in [7, 11) is -3.47. The first-order valence-electron chi connectivity index (χ1n) is 6.70. The molecule has 1 aliphatic heterocycles. The van der Waals surface area contributed by atoms with Crippen molar-refractivity contribution in [1.82, 2.24) is 9.03 Å². The van der Waals surface area contributed by atoms with Gasteiger partial charge >= 0.3 is 0 Å². The van der Waals surface area contributed by atoms with Gasteiger partial charge in [0.15, 0.2) is 0 Å². The predicted molar refractivity (Wildman–Crippen MR) is 75.5 cm³/mol. The van der Waals surface area contributed by atoms with Gasteiger partial charge in [0.2, 0.25) is 0 Å². The van der Waals surface area contributed by atoms with E-state index in [1.54, 1.807) is 12.1 Å². The fourth-order valence-electron chi connectivity index (χ4n) is 2.25. The highest BCUT2D eigenvalue weighted by Crippen LogP contribution is 2.18. The quantitative estimate of drug-likeness (QED) is 0.846. The zero-order valence-electron chi connectivity index (χ0n) is 11.3. The molecule has 0 amide bonds. The largest absolute Gasteiger partial charge is 0.330 e. The molecule has 0 bridgehead atoms. The first kappa shape index (κ1) is 15.4. The summed E-state index contributed by atoms with van der Waals surface area (Å²) in [5.74, 6) is 0.0824. The minimum Gasteiger partial charge on any atom is -0.330 e. The Morgan fingerprint density at radius 2 is 1.85 bits per heavy atom. The van der Waals surface area contributed by atoms with Crippen LogP contribution < -0.4 is 10.5 Å². The Morgan fingerprint density at radius 3 is 2.40 bits per heavy atom. The lowest BCUT2D eigenvalue weighted by Gasteiger charge is -2.30. The van der Waals surface area contributed by atoms with Crippen LogP contribution in [0.4, 0.5) is 4.39 Å². The third-order valence-electron chi connectivity index (χ3n) is 3.62. The second-order valence-electron chi connectivity index (χ2n) is 5.03. The number of hydrogen-bond acceptors (Lipinski definition) is 3. The highest BCUT2D eigenvalue weighted by molar-refractivity contribution is 7.87. The summed E-state index contributed by atoms with van der Waals surface area (Å²) in [5, 5.41) is 0. The molecule has 0 radical (unpaired) electrons. The smallest absolute Gasteiger partial charge is 0.279 e. The van der Waals surface area contributed by atoms with Crippen molar-refractivity contribution in [2.24, 2.45) is 11.7 Å². The molecule has 0 unspecified atom stereocenters. The number of nitrogens with two attached hydrogens (primary N) is 1. The van der Waals surface area contributed by atoms with Crippen LogP contribution in [0.2, 0.25) is 0 Å². The van der Waals surface area contributed by atoms with Gasteiger partial charge in [0.25, 0.3) is 10.2 Å². The summed E-state index contributed by atoms with van der Waals surface area (Å²) in [4.78, 5) is 0. The van der Waals surface area contributed by atoms with E-state index in [0.717, 1.165) is 18.4 Å². The van der Waals surface area contributed by atoms with Gasteiger partial charge in [-0.1, -0.05) is 12.1 Å². The molecule has 0 aromatic heterocycles. The van der Waals surface area contributed by atoms with E-state index >= 15 is 0 Å². The topological polar surface area (TPSA) is 75.4 Å². The summed E-state index contributed by atoms with van der Waals surface area (Å²) in [5.41, 5.74) is 6.32. The normalized spacial score (nSPS) is 18.3. The van der Waals surface area contributed by atoms with E-state index in [2.05, 4.69) is 4.72 Å². The lowest BCUT2D eigenvalue weighted by molar-refractivity contribution is 0.275. The van der Waals surface area contributed by atoms with E-state index in [1.807, 2.05) is 0 Å². The fourth-order valence-corrected chi connectivity index (χ4v) is 3.48. The van der Waals surface area contributed by atoms with Gasteiger partial charge in [0.1, 0.15) is 5.82 Å². The third-order valence-corrected chi connectivity index (χ3v) is 5.17. The molecule has 0 atom stereocenters. The molecule has 1 aliphatic rings. The molecule has 1 fully saturated rings. The minimum atomic E-state index is -3.47. The van der Waals surface area contributed by atoms with Crippen molar-refractivity contribution in [3.05, 3.63) is 35.6 Å². The maximum atomic E-state index is 12.8. The zero-order chi connectivity index (χ0) is 14.6. The Labute approximate surface area is 119 Å². The molecule has 1 aromatic rings. The van der Waals surface area contributed by atoms with Crippen LogP contribution in [-0.2, 0) is 16.8 Å². The highest BCUT2D eigenvalue weighted by Gasteiger charge is 2.26. The highest BCUT2D eigenvalue weighted by atomic mass is 32.2. The zero-order valence-corrected chi connectivity index (χ0v) is 12.1. The van der Waals surface area contributed by atoms with Crippen molar-refractivity contribution in [2.75, 3.05) is 19.6 Å². The average Bonchev–Trinajstić information content (AvgIpc) is 2.47. The lowest BCUT2D eigenvalue weighted by Crippen LogP contribution is -2.45. The van der Waals surface area contributed by atoms with E-state index in [4.69, 9.17) is 5.73 Å². The van der Waals surface area contributed by atoms with E-state index in [9.17, 15) is 12.8 Å². The molecule has 112 valence electrons. The molecular formula is C13H20FN3O2S. The molecule has 1 saturated heterocycles. The van der Waals surface area contributed by atoms with E-state index < -0.39 is 10.2 Å². The summed E-state index contributed by atoms with van der Waals surface area (Å²) < 4.78 is 41.0. The first-order valence-corrected chi connectivity index (χ1v) is 8.14. The Bertz CT molecular complexity index is 525. The van der Waals surface area contributed by atoms with Gasteiger partial charge in [0, 0.05) is 19.6 Å². The number of halogens is 1. The van der Waals surface area contributed by atoms with Crippen LogP contribution >= 0.6 is 0 Å². The van der Waals surface area contributed by atoms with E-state index in [-0.39, 0.29) is 12.4 Å². The maximum absolute atomic E-state index is 12.8. The van der Waals surface area contributed by atoms with Crippen molar-refractivity contribution < 1.29 is 12.8 Å². The van der Waals surface area contributed by atoms with Crippen LogP contribution in [-0.4, -0.2) is 32.4 Å². The van der Waals surface area contributed by atoms with Gasteiger partial charge in [-0.25, -0.2) is 4.39 Å². The number of piperidine rings is 1. The number of hydrogen-bond donors (Lipinski definition) is 2. The monoisotopic (exact) mass is 301 g/mol. The molecule has 5 nitrogen and oxygen atoms in total. The minimum absolute atomic E-state index is 0.166. The lowest BCUT2D eigenvalue weighted by atomic mass is 9.99. The van der Waals surface area contributed by atoms with Crippen LogP contribution in [0.15, 0.2) is 24.3 Å². The SMILES string of the molecule is NCC1CCN(S(=O)(=O)NCc2ccc(F)cc2)CC1. The van der Waals surface area contributed by atoms with Crippen molar-refractivity contribution in [1.29, 1.82) is 0 Å². The number of benzene rings is 1. The van der Waals surface area contributed by atoms with Crippen LogP contribution in [0.1, 0.15) is 18.4 Å². The standard InChI is InChI=1S/C13H20FN3O2S/c14-13-3-1-12(2-4-13)10-16-20(18,19)17-7-5-11(9-15)6-8-17/h1-4,11,16H,5-10,15H2. The molecule has 3 N–H and O–H groups in total. The number of nitrogens with zero attached hydrogens (tertiary/aromatic N) is 1. The number of nitrogens with one attached hydrogen (secondary N) is 1. The van der Waals surface area contributed by atoms with Crippen LogP contribution in [0.25, 0.3) is 0 Å². The molecule has 1 aromatic carbocycles.